The van der Waals surface area contributed by atoms with Crippen LogP contribution in [-0.4, -0.2) is 24.6 Å². The number of rotatable bonds is 0. The molecule has 0 aromatic rings. The van der Waals surface area contributed by atoms with Gasteiger partial charge in [-0.25, -0.2) is 4.58 Å². The maximum Gasteiger partial charge on any atom is 0.325 e. The first-order chi connectivity index (χ1) is 2.64. The summed E-state index contributed by atoms with van der Waals surface area (Å²) in [6.07, 6.45) is 0. The molecule has 0 N–H and O–H groups in total. The molecule has 0 radical (unpaired) electrons. The largest absolute Gasteiger partial charge is 0.325 e. The van der Waals surface area contributed by atoms with E-state index in [1.807, 2.05) is 0 Å². The van der Waals surface area contributed by atoms with Crippen molar-refractivity contribution in [2.45, 2.75) is 6.92 Å². The van der Waals surface area contributed by atoms with Crippen LogP contribution >= 0.6 is 0 Å². The lowest BCUT2D eigenvalue weighted by Gasteiger charge is -1.78. The fourth-order valence-electron chi connectivity index (χ4n) is 0. The van der Waals surface area contributed by atoms with E-state index in [1.165, 1.54) is 11.5 Å². The SMILES string of the molecule is CC(F)=[N+](C)C. The molecule has 0 spiro atoms. The van der Waals surface area contributed by atoms with Crippen molar-refractivity contribution in [1.29, 1.82) is 0 Å². The maximum atomic E-state index is 11.7. The van der Waals surface area contributed by atoms with Crippen molar-refractivity contribution in [2.75, 3.05) is 14.1 Å². The van der Waals surface area contributed by atoms with Crippen molar-refractivity contribution in [2.24, 2.45) is 0 Å². The van der Waals surface area contributed by atoms with E-state index in [1.54, 1.807) is 14.1 Å². The maximum absolute atomic E-state index is 11.7. The fourth-order valence-corrected chi connectivity index (χ4v) is 0. The minimum Gasteiger partial charge on any atom is -0.215 e. The Morgan fingerprint density at radius 1 is 1.50 bits per heavy atom. The predicted octanol–water partition coefficient (Wildman–Crippen LogP) is 0.646. The quantitative estimate of drug-likeness (QED) is 0.303. The second-order valence-electron chi connectivity index (χ2n) is 1.39. The van der Waals surface area contributed by atoms with E-state index in [0.29, 0.717) is 0 Å². The van der Waals surface area contributed by atoms with Crippen molar-refractivity contribution in [3.8, 4) is 0 Å². The molecule has 0 aromatic heterocycles. The molecule has 36 valence electrons. The molecule has 0 bridgehead atoms. The Hall–Kier alpha value is -0.400. The van der Waals surface area contributed by atoms with Crippen molar-refractivity contribution < 1.29 is 8.97 Å². The van der Waals surface area contributed by atoms with Gasteiger partial charge in [0.25, 0.3) is 0 Å². The monoisotopic (exact) mass is 90.1 g/mol. The van der Waals surface area contributed by atoms with Gasteiger partial charge >= 0.3 is 5.97 Å². The van der Waals surface area contributed by atoms with Crippen LogP contribution in [0.2, 0.25) is 0 Å². The van der Waals surface area contributed by atoms with Gasteiger partial charge in [0, 0.05) is 0 Å². The van der Waals surface area contributed by atoms with Gasteiger partial charge < -0.3 is 0 Å². The summed E-state index contributed by atoms with van der Waals surface area (Å²) < 4.78 is 13.1. The van der Waals surface area contributed by atoms with Gasteiger partial charge in [0.1, 0.15) is 14.1 Å². The number of halogens is 1. The summed E-state index contributed by atoms with van der Waals surface area (Å²) in [5, 5.41) is 0. The summed E-state index contributed by atoms with van der Waals surface area (Å²) in [6.45, 7) is 1.42. The summed E-state index contributed by atoms with van der Waals surface area (Å²) in [4.78, 5) is 0. The Kier molecular flexibility index (Phi) is 1.77. The molecule has 0 aromatic carbocycles. The van der Waals surface area contributed by atoms with Gasteiger partial charge in [-0.1, -0.05) is 0 Å². The van der Waals surface area contributed by atoms with E-state index in [0.717, 1.165) is 0 Å². The Balaban J connectivity index is 3.68. The topological polar surface area (TPSA) is 3.01 Å². The van der Waals surface area contributed by atoms with Gasteiger partial charge in [-0.2, -0.15) is 0 Å². The molecular formula is C4H9FN+. The average molecular weight is 90.1 g/mol. The highest BCUT2D eigenvalue weighted by molar-refractivity contribution is 5.65. The summed E-state index contributed by atoms with van der Waals surface area (Å²) in [6, 6.07) is 0. The molecule has 0 aliphatic carbocycles. The average Bonchev–Trinajstić information content (AvgIpc) is 1.36. The first-order valence-corrected chi connectivity index (χ1v) is 1.81. The molecule has 0 fully saturated rings. The van der Waals surface area contributed by atoms with Crippen LogP contribution in [0.25, 0.3) is 0 Å². The van der Waals surface area contributed by atoms with E-state index in [4.69, 9.17) is 0 Å². The van der Waals surface area contributed by atoms with Crippen LogP contribution in [0, 0.1) is 0 Å². The molecule has 0 aliphatic rings. The van der Waals surface area contributed by atoms with Crippen molar-refractivity contribution >= 4 is 5.97 Å². The van der Waals surface area contributed by atoms with E-state index >= 15 is 0 Å². The fraction of sp³-hybridized carbons (Fsp3) is 0.750. The predicted molar refractivity (Wildman–Crippen MR) is 23.9 cm³/mol. The summed E-state index contributed by atoms with van der Waals surface area (Å²) in [5.74, 6) is -0.157. The van der Waals surface area contributed by atoms with E-state index in [-0.39, 0.29) is 5.97 Å². The van der Waals surface area contributed by atoms with E-state index < -0.39 is 0 Å². The minimum absolute atomic E-state index is 0.157. The zero-order chi connectivity index (χ0) is 5.15. The third-order valence-electron chi connectivity index (χ3n) is 0.616. The Morgan fingerprint density at radius 3 is 1.67 bits per heavy atom. The molecule has 2 heteroatoms. The molecule has 6 heavy (non-hydrogen) atoms. The van der Waals surface area contributed by atoms with Crippen LogP contribution in [-0.2, 0) is 0 Å². The molecular weight excluding hydrogens is 81.0 g/mol. The zero-order valence-electron chi connectivity index (χ0n) is 4.33. The van der Waals surface area contributed by atoms with Gasteiger partial charge in [-0.05, 0) is 0 Å². The Bertz CT molecular complexity index is 57.6. The van der Waals surface area contributed by atoms with Gasteiger partial charge in [-0.15, -0.1) is 4.39 Å². The van der Waals surface area contributed by atoms with Crippen LogP contribution in [0.1, 0.15) is 6.92 Å². The summed E-state index contributed by atoms with van der Waals surface area (Å²) in [7, 11) is 3.32. The molecule has 0 unspecified atom stereocenters. The van der Waals surface area contributed by atoms with Crippen molar-refractivity contribution in [3.63, 3.8) is 0 Å². The summed E-state index contributed by atoms with van der Waals surface area (Å²) in [5.41, 5.74) is 0. The van der Waals surface area contributed by atoms with Crippen LogP contribution in [0.3, 0.4) is 0 Å². The molecule has 0 rings (SSSR count). The van der Waals surface area contributed by atoms with Gasteiger partial charge in [-0.3, -0.25) is 0 Å². The third-order valence-corrected chi connectivity index (χ3v) is 0.616. The highest BCUT2D eigenvalue weighted by Crippen LogP contribution is 1.69. The van der Waals surface area contributed by atoms with Crippen molar-refractivity contribution in [1.82, 2.24) is 0 Å². The normalized spacial score (nSPS) is 8.00. The minimum atomic E-state index is -0.157. The van der Waals surface area contributed by atoms with Crippen LogP contribution in [0.4, 0.5) is 4.39 Å². The highest BCUT2D eigenvalue weighted by atomic mass is 19.1. The lowest BCUT2D eigenvalue weighted by Crippen LogP contribution is -2.02. The number of nitrogens with zero attached hydrogens (tertiary/aromatic N) is 1. The Morgan fingerprint density at radius 2 is 1.67 bits per heavy atom. The van der Waals surface area contributed by atoms with E-state index in [2.05, 4.69) is 0 Å². The zero-order valence-corrected chi connectivity index (χ0v) is 4.33. The number of hydrogen-bond acceptors (Lipinski definition) is 0. The third kappa shape index (κ3) is 1.88. The van der Waals surface area contributed by atoms with Crippen LogP contribution in [0.15, 0.2) is 0 Å². The first kappa shape index (κ1) is 5.60. The summed E-state index contributed by atoms with van der Waals surface area (Å²) >= 11 is 0. The second kappa shape index (κ2) is 1.90. The van der Waals surface area contributed by atoms with Gasteiger partial charge in [0.15, 0.2) is 0 Å². The lowest BCUT2D eigenvalue weighted by atomic mass is 10.8. The molecule has 0 aliphatic heterocycles. The molecule has 1 nitrogen and oxygen atoms in total. The number of hydrogen-bond donors (Lipinski definition) is 0. The highest BCUT2D eigenvalue weighted by Gasteiger charge is 1.89. The first-order valence-electron chi connectivity index (χ1n) is 1.81. The van der Waals surface area contributed by atoms with Crippen molar-refractivity contribution in [3.05, 3.63) is 0 Å². The van der Waals surface area contributed by atoms with E-state index in [9.17, 15) is 4.39 Å². The molecule has 0 atom stereocenters. The Labute approximate surface area is 37.1 Å². The van der Waals surface area contributed by atoms with Gasteiger partial charge in [0.05, 0.1) is 6.92 Å². The standard InChI is InChI=1S/C4H9FN/c1-4(5)6(2)3/h1-3H3/q+1. The molecule has 0 heterocycles. The molecule has 0 amide bonds. The molecule has 0 saturated carbocycles. The lowest BCUT2D eigenvalue weighted by molar-refractivity contribution is -0.470. The van der Waals surface area contributed by atoms with Crippen LogP contribution < -0.4 is 0 Å². The smallest absolute Gasteiger partial charge is 0.215 e. The second-order valence-corrected chi connectivity index (χ2v) is 1.39. The van der Waals surface area contributed by atoms with Crippen LogP contribution in [0.5, 0.6) is 0 Å². The van der Waals surface area contributed by atoms with Gasteiger partial charge in [0.2, 0.25) is 0 Å². The molecule has 0 saturated heterocycles.